The molecular formula is C8H7ClNO. The minimum Gasteiger partial charge on any atom is -0.390 e. The highest BCUT2D eigenvalue weighted by atomic mass is 35.5. The molecule has 0 atom stereocenters. The fourth-order valence-corrected chi connectivity index (χ4v) is 0.754. The summed E-state index contributed by atoms with van der Waals surface area (Å²) in [6.07, 6.45) is 0. The van der Waals surface area contributed by atoms with E-state index in [1.54, 1.807) is 0 Å². The Morgan fingerprint density at radius 1 is 1.36 bits per heavy atom. The Bertz CT molecular complexity index is 223. The van der Waals surface area contributed by atoms with E-state index in [4.69, 9.17) is 16.4 Å². The summed E-state index contributed by atoms with van der Waals surface area (Å²) in [6.45, 7) is 0.431. The van der Waals surface area contributed by atoms with Crippen LogP contribution in [0.5, 0.6) is 0 Å². The summed E-state index contributed by atoms with van der Waals surface area (Å²) in [5, 5.41) is 3.28. The van der Waals surface area contributed by atoms with Gasteiger partial charge in [-0.05, 0) is 5.56 Å². The molecule has 0 amide bonds. The van der Waals surface area contributed by atoms with Gasteiger partial charge in [-0.2, -0.15) is 0 Å². The molecule has 0 aromatic heterocycles. The molecule has 1 rings (SSSR count). The van der Waals surface area contributed by atoms with Crippen LogP contribution in [0.2, 0.25) is 0 Å². The lowest BCUT2D eigenvalue weighted by Gasteiger charge is -1.96. The van der Waals surface area contributed by atoms with Crippen molar-refractivity contribution in [3.8, 4) is 0 Å². The molecule has 0 heterocycles. The first-order valence-corrected chi connectivity index (χ1v) is 3.53. The molecule has 0 saturated heterocycles. The van der Waals surface area contributed by atoms with Gasteiger partial charge in [0.15, 0.2) is 0 Å². The van der Waals surface area contributed by atoms with Gasteiger partial charge in [0.1, 0.15) is 6.61 Å². The first kappa shape index (κ1) is 8.08. The van der Waals surface area contributed by atoms with E-state index in [2.05, 4.69) is 5.16 Å². The highest BCUT2D eigenvalue weighted by molar-refractivity contribution is 6.56. The second-order valence-electron chi connectivity index (χ2n) is 1.93. The molecular weight excluding hydrogens is 162 g/mol. The van der Waals surface area contributed by atoms with E-state index in [1.807, 2.05) is 36.0 Å². The van der Waals surface area contributed by atoms with E-state index in [-0.39, 0.29) is 0 Å². The van der Waals surface area contributed by atoms with Crippen molar-refractivity contribution in [2.45, 2.75) is 6.61 Å². The van der Waals surface area contributed by atoms with Gasteiger partial charge in [0.05, 0.1) is 0 Å². The molecule has 0 aliphatic carbocycles. The van der Waals surface area contributed by atoms with Crippen LogP contribution >= 0.6 is 11.6 Å². The first-order chi connectivity index (χ1) is 5.43. The lowest BCUT2D eigenvalue weighted by molar-refractivity contribution is 0.132. The van der Waals surface area contributed by atoms with E-state index in [1.165, 1.54) is 0 Å². The summed E-state index contributed by atoms with van der Waals surface area (Å²) >= 11 is 5.03. The lowest BCUT2D eigenvalue weighted by Crippen LogP contribution is -1.84. The second-order valence-corrected chi connectivity index (χ2v) is 2.10. The average Bonchev–Trinajstić information content (AvgIpc) is 2.07. The Balaban J connectivity index is 2.39. The molecule has 0 aliphatic heterocycles. The molecule has 0 bridgehead atoms. The molecule has 0 fully saturated rings. The van der Waals surface area contributed by atoms with Crippen LogP contribution in [-0.4, -0.2) is 5.67 Å². The number of benzene rings is 1. The minimum atomic E-state index is 0.431. The van der Waals surface area contributed by atoms with Crippen LogP contribution in [0.25, 0.3) is 0 Å². The van der Waals surface area contributed by atoms with Gasteiger partial charge < -0.3 is 4.84 Å². The highest BCUT2D eigenvalue weighted by Crippen LogP contribution is 1.99. The number of nitrogens with zero attached hydrogens (tertiary/aromatic N) is 1. The molecule has 57 valence electrons. The standard InChI is InChI=1S/C8H7ClNO/c9-7-10-11-6-8-4-2-1-3-5-8/h1-5H,6H2. The van der Waals surface area contributed by atoms with Crippen molar-refractivity contribution in [1.29, 1.82) is 0 Å². The van der Waals surface area contributed by atoms with Crippen molar-refractivity contribution in [2.24, 2.45) is 5.16 Å². The number of halogens is 1. The van der Waals surface area contributed by atoms with Crippen molar-refractivity contribution in [3.63, 3.8) is 0 Å². The molecule has 0 unspecified atom stereocenters. The molecule has 3 heteroatoms. The minimum absolute atomic E-state index is 0.431. The third-order valence-electron chi connectivity index (χ3n) is 1.17. The van der Waals surface area contributed by atoms with Gasteiger partial charge >= 0.3 is 0 Å². The molecule has 1 aromatic carbocycles. The van der Waals surface area contributed by atoms with Gasteiger partial charge in [0.2, 0.25) is 5.67 Å². The van der Waals surface area contributed by atoms with E-state index in [0.29, 0.717) is 6.61 Å². The van der Waals surface area contributed by atoms with Crippen LogP contribution in [0.4, 0.5) is 0 Å². The molecule has 0 saturated carbocycles. The molecule has 0 spiro atoms. The smallest absolute Gasteiger partial charge is 0.209 e. The van der Waals surface area contributed by atoms with Crippen LogP contribution < -0.4 is 0 Å². The molecule has 11 heavy (non-hydrogen) atoms. The van der Waals surface area contributed by atoms with Crippen molar-refractivity contribution < 1.29 is 4.84 Å². The predicted molar refractivity (Wildman–Crippen MR) is 44.5 cm³/mol. The van der Waals surface area contributed by atoms with Gasteiger partial charge in [0, 0.05) is 0 Å². The Morgan fingerprint density at radius 2 is 2.09 bits per heavy atom. The highest BCUT2D eigenvalue weighted by Gasteiger charge is 1.87. The van der Waals surface area contributed by atoms with Crippen molar-refractivity contribution in [1.82, 2.24) is 0 Å². The van der Waals surface area contributed by atoms with Gasteiger partial charge in [-0.15, -0.1) is 0 Å². The van der Waals surface area contributed by atoms with Gasteiger partial charge in [-0.25, -0.2) is 0 Å². The van der Waals surface area contributed by atoms with Crippen molar-refractivity contribution in [3.05, 3.63) is 35.9 Å². The lowest BCUT2D eigenvalue weighted by atomic mass is 10.2. The monoisotopic (exact) mass is 168 g/mol. The van der Waals surface area contributed by atoms with E-state index < -0.39 is 0 Å². The number of rotatable bonds is 3. The zero-order valence-electron chi connectivity index (χ0n) is 5.83. The second kappa shape index (κ2) is 4.74. The zero-order chi connectivity index (χ0) is 7.94. The van der Waals surface area contributed by atoms with Gasteiger partial charge in [0.25, 0.3) is 0 Å². The normalized spacial score (nSPS) is 10.3. The Labute approximate surface area is 70.4 Å². The zero-order valence-corrected chi connectivity index (χ0v) is 6.58. The maximum Gasteiger partial charge on any atom is 0.209 e. The van der Waals surface area contributed by atoms with Crippen LogP contribution in [0, 0.1) is 0 Å². The summed E-state index contributed by atoms with van der Waals surface area (Å²) in [4.78, 5) is 4.75. The van der Waals surface area contributed by atoms with Gasteiger partial charge in [-0.3, -0.25) is 0 Å². The fourth-order valence-electron chi connectivity index (χ4n) is 0.705. The molecule has 0 aliphatic rings. The first-order valence-electron chi connectivity index (χ1n) is 3.15. The predicted octanol–water partition coefficient (Wildman–Crippen LogP) is 2.26. The Hall–Kier alpha value is -1.02. The summed E-state index contributed by atoms with van der Waals surface area (Å²) in [5.74, 6) is 0. The average molecular weight is 169 g/mol. The molecule has 1 radical (unpaired) electrons. The van der Waals surface area contributed by atoms with Crippen LogP contribution in [-0.2, 0) is 11.4 Å². The summed E-state index contributed by atoms with van der Waals surface area (Å²) in [7, 11) is 0. The topological polar surface area (TPSA) is 21.6 Å². The van der Waals surface area contributed by atoms with E-state index >= 15 is 0 Å². The maximum atomic E-state index is 5.03. The van der Waals surface area contributed by atoms with Gasteiger partial charge in [-0.1, -0.05) is 47.1 Å². The number of hydrogen-bond acceptors (Lipinski definition) is 2. The van der Waals surface area contributed by atoms with Crippen LogP contribution in [0.15, 0.2) is 35.5 Å². The van der Waals surface area contributed by atoms with Crippen molar-refractivity contribution in [2.75, 3.05) is 0 Å². The summed E-state index contributed by atoms with van der Waals surface area (Å²) in [5.41, 5.74) is 3.07. The summed E-state index contributed by atoms with van der Waals surface area (Å²) < 4.78 is 0. The molecule has 0 N–H and O–H groups in total. The summed E-state index contributed by atoms with van der Waals surface area (Å²) in [6, 6.07) is 9.72. The number of hydrogen-bond donors (Lipinski definition) is 0. The maximum absolute atomic E-state index is 5.03. The SMILES string of the molecule is Cl/[C]=N/OCc1ccccc1. The largest absolute Gasteiger partial charge is 0.390 e. The third kappa shape index (κ3) is 3.05. The van der Waals surface area contributed by atoms with Crippen LogP contribution in [0.1, 0.15) is 5.56 Å². The van der Waals surface area contributed by atoms with E-state index in [9.17, 15) is 0 Å². The van der Waals surface area contributed by atoms with Crippen LogP contribution in [0.3, 0.4) is 0 Å². The fraction of sp³-hybridized carbons (Fsp3) is 0.125. The third-order valence-corrected chi connectivity index (χ3v) is 1.24. The van der Waals surface area contributed by atoms with E-state index in [0.717, 1.165) is 5.56 Å². The molecule has 2 nitrogen and oxygen atoms in total. The quantitative estimate of drug-likeness (QED) is 0.501. The Kier molecular flexibility index (Phi) is 3.48. The Morgan fingerprint density at radius 3 is 2.73 bits per heavy atom. The molecule has 1 aromatic rings. The van der Waals surface area contributed by atoms with Crippen molar-refractivity contribution >= 4 is 17.3 Å².